The van der Waals surface area contributed by atoms with Crippen LogP contribution < -0.4 is 10.1 Å². The minimum Gasteiger partial charge on any atom is -0.481 e. The molecule has 0 radical (unpaired) electrons. The minimum atomic E-state index is 0.628. The summed E-state index contributed by atoms with van der Waals surface area (Å²) < 4.78 is 7.12. The zero-order valence-corrected chi connectivity index (χ0v) is 11.7. The van der Waals surface area contributed by atoms with Crippen molar-refractivity contribution in [3.05, 3.63) is 35.7 Å². The summed E-state index contributed by atoms with van der Waals surface area (Å²) in [6, 6.07) is 7.79. The van der Waals surface area contributed by atoms with Gasteiger partial charge in [0.2, 0.25) is 5.88 Å². The van der Waals surface area contributed by atoms with Crippen molar-refractivity contribution in [1.82, 2.24) is 14.8 Å². The largest absolute Gasteiger partial charge is 0.481 e. The highest BCUT2D eigenvalue weighted by molar-refractivity contribution is 5.36. The van der Waals surface area contributed by atoms with Gasteiger partial charge in [0.1, 0.15) is 5.82 Å². The first-order chi connectivity index (χ1) is 9.19. The van der Waals surface area contributed by atoms with E-state index >= 15 is 0 Å². The normalized spacial score (nSPS) is 10.5. The Morgan fingerprint density at radius 1 is 1.32 bits per heavy atom. The number of rotatable bonds is 6. The first-order valence-electron chi connectivity index (χ1n) is 6.45. The maximum absolute atomic E-state index is 5.08. The molecule has 0 aliphatic heterocycles. The lowest BCUT2D eigenvalue weighted by atomic mass is 10.3. The molecule has 19 heavy (non-hydrogen) atoms. The summed E-state index contributed by atoms with van der Waals surface area (Å²) in [4.78, 5) is 4.30. The van der Waals surface area contributed by atoms with Gasteiger partial charge in [-0.25, -0.2) is 0 Å². The van der Waals surface area contributed by atoms with E-state index in [4.69, 9.17) is 4.74 Å². The van der Waals surface area contributed by atoms with Crippen LogP contribution in [0.1, 0.15) is 17.8 Å². The smallest absolute Gasteiger partial charge is 0.214 e. The van der Waals surface area contributed by atoms with Gasteiger partial charge in [0.05, 0.1) is 12.8 Å². The van der Waals surface area contributed by atoms with Crippen LogP contribution in [0.3, 0.4) is 0 Å². The summed E-state index contributed by atoms with van der Waals surface area (Å²) in [5.41, 5.74) is 2.27. The highest BCUT2D eigenvalue weighted by atomic mass is 16.5. The molecule has 0 aromatic carbocycles. The summed E-state index contributed by atoms with van der Waals surface area (Å²) >= 11 is 0. The number of anilines is 1. The fourth-order valence-corrected chi connectivity index (χ4v) is 1.97. The number of methoxy groups -OCH3 is 1. The molecule has 0 atom stereocenters. The number of pyridine rings is 1. The molecule has 0 saturated heterocycles. The van der Waals surface area contributed by atoms with Gasteiger partial charge in [0, 0.05) is 24.8 Å². The Bertz CT molecular complexity index is 536. The van der Waals surface area contributed by atoms with Crippen LogP contribution in [-0.2, 0) is 6.54 Å². The lowest BCUT2D eigenvalue weighted by Gasteiger charge is -2.07. The first kappa shape index (κ1) is 13.4. The van der Waals surface area contributed by atoms with Gasteiger partial charge >= 0.3 is 0 Å². The first-order valence-corrected chi connectivity index (χ1v) is 6.45. The molecule has 0 unspecified atom stereocenters. The Hall–Kier alpha value is -2.04. The number of nitrogens with one attached hydrogen (secondary N) is 1. The van der Waals surface area contributed by atoms with Gasteiger partial charge in [-0.1, -0.05) is 6.07 Å². The minimum absolute atomic E-state index is 0.628. The molecule has 2 aromatic heterocycles. The SMILES string of the molecule is COc1cccc(NCCCn2nc(C)cc2C)n1. The second-order valence-corrected chi connectivity index (χ2v) is 4.50. The molecule has 5 nitrogen and oxygen atoms in total. The molecule has 0 aliphatic carbocycles. The van der Waals surface area contributed by atoms with Gasteiger partial charge in [-0.2, -0.15) is 10.1 Å². The Balaban J connectivity index is 1.79. The standard InChI is InChI=1S/C14H20N4O/c1-11-10-12(2)18(17-11)9-5-8-15-13-6-4-7-14(16-13)19-3/h4,6-7,10H,5,8-9H2,1-3H3,(H,15,16). The Morgan fingerprint density at radius 2 is 2.16 bits per heavy atom. The topological polar surface area (TPSA) is 52.0 Å². The molecule has 2 rings (SSSR count). The van der Waals surface area contributed by atoms with Gasteiger partial charge in [-0.05, 0) is 32.4 Å². The molecule has 1 N–H and O–H groups in total. The van der Waals surface area contributed by atoms with Gasteiger partial charge in [-0.3, -0.25) is 4.68 Å². The van der Waals surface area contributed by atoms with Crippen LogP contribution in [0.4, 0.5) is 5.82 Å². The fourth-order valence-electron chi connectivity index (χ4n) is 1.97. The number of aryl methyl sites for hydroxylation is 3. The predicted molar refractivity (Wildman–Crippen MR) is 75.6 cm³/mol. The zero-order chi connectivity index (χ0) is 13.7. The molecule has 0 bridgehead atoms. The Kier molecular flexibility index (Phi) is 4.39. The molecule has 0 fully saturated rings. The highest BCUT2D eigenvalue weighted by Crippen LogP contribution is 2.10. The number of aromatic nitrogens is 3. The Labute approximate surface area is 113 Å². The summed E-state index contributed by atoms with van der Waals surface area (Å²) in [6.07, 6.45) is 1.00. The zero-order valence-electron chi connectivity index (χ0n) is 11.7. The maximum Gasteiger partial charge on any atom is 0.214 e. The van der Waals surface area contributed by atoms with Crippen LogP contribution in [0.25, 0.3) is 0 Å². The molecule has 0 spiro atoms. The summed E-state index contributed by atoms with van der Waals surface area (Å²) in [6.45, 7) is 5.87. The average molecular weight is 260 g/mol. The summed E-state index contributed by atoms with van der Waals surface area (Å²) in [7, 11) is 1.62. The van der Waals surface area contributed by atoms with Crippen molar-refractivity contribution < 1.29 is 4.74 Å². The van der Waals surface area contributed by atoms with Crippen molar-refractivity contribution in [3.8, 4) is 5.88 Å². The van der Waals surface area contributed by atoms with Crippen LogP contribution in [0.5, 0.6) is 5.88 Å². The third kappa shape index (κ3) is 3.71. The molecule has 102 valence electrons. The lowest BCUT2D eigenvalue weighted by Crippen LogP contribution is -2.09. The van der Waals surface area contributed by atoms with E-state index in [1.54, 1.807) is 7.11 Å². The molecule has 2 aromatic rings. The van der Waals surface area contributed by atoms with Gasteiger partial charge < -0.3 is 10.1 Å². The van der Waals surface area contributed by atoms with E-state index < -0.39 is 0 Å². The maximum atomic E-state index is 5.08. The number of nitrogens with zero attached hydrogens (tertiary/aromatic N) is 3. The third-order valence-corrected chi connectivity index (χ3v) is 2.89. The molecular formula is C14H20N4O. The van der Waals surface area contributed by atoms with Crippen molar-refractivity contribution in [2.45, 2.75) is 26.8 Å². The number of hydrogen-bond donors (Lipinski definition) is 1. The van der Waals surface area contributed by atoms with E-state index in [9.17, 15) is 0 Å². The van der Waals surface area contributed by atoms with E-state index in [1.807, 2.05) is 29.8 Å². The molecule has 0 saturated carbocycles. The van der Waals surface area contributed by atoms with Crippen molar-refractivity contribution in [3.63, 3.8) is 0 Å². The predicted octanol–water partition coefficient (Wildman–Crippen LogP) is 2.41. The molecule has 2 heterocycles. The molecule has 0 amide bonds. The van der Waals surface area contributed by atoms with E-state index in [0.29, 0.717) is 5.88 Å². The van der Waals surface area contributed by atoms with Crippen LogP contribution in [-0.4, -0.2) is 28.4 Å². The van der Waals surface area contributed by atoms with Gasteiger partial charge in [-0.15, -0.1) is 0 Å². The third-order valence-electron chi connectivity index (χ3n) is 2.89. The quantitative estimate of drug-likeness (QED) is 0.810. The van der Waals surface area contributed by atoms with E-state index in [0.717, 1.165) is 31.0 Å². The van der Waals surface area contributed by atoms with Crippen molar-refractivity contribution in [2.75, 3.05) is 19.0 Å². The highest BCUT2D eigenvalue weighted by Gasteiger charge is 2.00. The number of hydrogen-bond acceptors (Lipinski definition) is 4. The summed E-state index contributed by atoms with van der Waals surface area (Å²) in [5, 5.41) is 7.72. The molecule has 5 heteroatoms. The molecular weight excluding hydrogens is 240 g/mol. The average Bonchev–Trinajstić information content (AvgIpc) is 2.73. The van der Waals surface area contributed by atoms with Crippen LogP contribution in [0, 0.1) is 13.8 Å². The summed E-state index contributed by atoms with van der Waals surface area (Å²) in [5.74, 6) is 1.47. The Morgan fingerprint density at radius 3 is 2.84 bits per heavy atom. The van der Waals surface area contributed by atoms with Crippen LogP contribution in [0.2, 0.25) is 0 Å². The van der Waals surface area contributed by atoms with Crippen molar-refractivity contribution in [1.29, 1.82) is 0 Å². The van der Waals surface area contributed by atoms with Crippen molar-refractivity contribution >= 4 is 5.82 Å². The number of ether oxygens (including phenoxy) is 1. The van der Waals surface area contributed by atoms with Crippen LogP contribution in [0.15, 0.2) is 24.3 Å². The van der Waals surface area contributed by atoms with Crippen LogP contribution >= 0.6 is 0 Å². The fraction of sp³-hybridized carbons (Fsp3) is 0.429. The van der Waals surface area contributed by atoms with E-state index in [1.165, 1.54) is 5.69 Å². The second-order valence-electron chi connectivity index (χ2n) is 4.50. The van der Waals surface area contributed by atoms with Gasteiger partial charge in [0.15, 0.2) is 0 Å². The molecule has 0 aliphatic rings. The van der Waals surface area contributed by atoms with E-state index in [-0.39, 0.29) is 0 Å². The van der Waals surface area contributed by atoms with Gasteiger partial charge in [0.25, 0.3) is 0 Å². The lowest BCUT2D eigenvalue weighted by molar-refractivity contribution is 0.398. The second kappa shape index (κ2) is 6.22. The van der Waals surface area contributed by atoms with E-state index in [2.05, 4.69) is 28.4 Å². The van der Waals surface area contributed by atoms with Crippen molar-refractivity contribution in [2.24, 2.45) is 0 Å². The monoisotopic (exact) mass is 260 g/mol.